The van der Waals surface area contributed by atoms with Crippen molar-refractivity contribution in [1.82, 2.24) is 5.32 Å². The van der Waals surface area contributed by atoms with Crippen LogP contribution in [0.4, 0.5) is 5.69 Å². The van der Waals surface area contributed by atoms with E-state index in [-0.39, 0.29) is 17.9 Å². The summed E-state index contributed by atoms with van der Waals surface area (Å²) in [6.07, 6.45) is 2.14. The molecule has 3 rings (SSSR count). The molecule has 1 fully saturated rings. The monoisotopic (exact) mass is 480 g/mol. The summed E-state index contributed by atoms with van der Waals surface area (Å²) in [5.41, 5.74) is 1.71. The summed E-state index contributed by atoms with van der Waals surface area (Å²) >= 11 is 2.13. The first-order chi connectivity index (χ1) is 13.1. The van der Waals surface area contributed by atoms with Crippen molar-refractivity contribution in [1.29, 1.82) is 0 Å². The molecule has 7 heteroatoms. The topological polar surface area (TPSA) is 76.7 Å². The molecular formula is C20H21IN2O4. The van der Waals surface area contributed by atoms with Gasteiger partial charge in [-0.05, 0) is 77.9 Å². The maximum Gasteiger partial charge on any atom is 0.255 e. The number of carbonyl (C=O) groups is 2. The number of carbonyl (C=O) groups excluding carboxylic acids is 2. The smallest absolute Gasteiger partial charge is 0.255 e. The summed E-state index contributed by atoms with van der Waals surface area (Å²) in [5, 5.41) is 5.71. The number of hydrogen-bond donors (Lipinski definition) is 2. The normalized spacial score (nSPS) is 16.0. The molecular weight excluding hydrogens is 459 g/mol. The summed E-state index contributed by atoms with van der Waals surface area (Å²) in [6.45, 7) is 1.29. The van der Waals surface area contributed by atoms with Crippen LogP contribution in [0, 0.1) is 3.57 Å². The Bertz CT molecular complexity index is 817. The number of ether oxygens (including phenoxy) is 2. The number of methoxy groups -OCH3 is 1. The van der Waals surface area contributed by atoms with Gasteiger partial charge in [-0.15, -0.1) is 0 Å². The molecule has 0 bridgehead atoms. The van der Waals surface area contributed by atoms with Gasteiger partial charge in [0.2, 0.25) is 0 Å². The van der Waals surface area contributed by atoms with Crippen molar-refractivity contribution in [3.8, 4) is 5.75 Å². The number of halogens is 1. The summed E-state index contributed by atoms with van der Waals surface area (Å²) < 4.78 is 11.6. The third kappa shape index (κ3) is 5.20. The summed E-state index contributed by atoms with van der Waals surface area (Å²) in [7, 11) is 1.59. The van der Waals surface area contributed by atoms with E-state index < -0.39 is 0 Å². The van der Waals surface area contributed by atoms with Crippen molar-refractivity contribution in [2.75, 3.05) is 25.6 Å². The van der Waals surface area contributed by atoms with E-state index in [1.165, 1.54) is 0 Å². The Morgan fingerprint density at radius 2 is 1.89 bits per heavy atom. The highest BCUT2D eigenvalue weighted by Gasteiger charge is 2.16. The predicted octanol–water partition coefficient (Wildman–Crippen LogP) is 3.46. The maximum absolute atomic E-state index is 12.4. The molecule has 142 valence electrons. The number of amides is 2. The summed E-state index contributed by atoms with van der Waals surface area (Å²) in [6, 6.07) is 12.1. The van der Waals surface area contributed by atoms with E-state index in [0.717, 1.165) is 28.8 Å². The van der Waals surface area contributed by atoms with E-state index in [2.05, 4.69) is 33.2 Å². The average Bonchev–Trinajstić information content (AvgIpc) is 3.20. The molecule has 0 spiro atoms. The van der Waals surface area contributed by atoms with Crippen molar-refractivity contribution in [3.05, 3.63) is 57.2 Å². The second kappa shape index (κ2) is 9.18. The second-order valence-electron chi connectivity index (χ2n) is 6.23. The fraction of sp³-hybridized carbons (Fsp3) is 0.300. The molecule has 1 heterocycles. The molecule has 2 N–H and O–H groups in total. The lowest BCUT2D eigenvalue weighted by atomic mass is 10.1. The highest BCUT2D eigenvalue weighted by molar-refractivity contribution is 14.1. The standard InChI is InChI=1S/C20H21IN2O4/c1-26-18-9-6-14(11-17(18)21)20(25)23-15-7-4-13(5-8-15)19(24)22-12-16-3-2-10-27-16/h4-9,11,16H,2-3,10,12H2,1H3,(H,22,24)(H,23,25). The summed E-state index contributed by atoms with van der Waals surface area (Å²) in [5.74, 6) is 0.366. The largest absolute Gasteiger partial charge is 0.496 e. The van der Waals surface area contributed by atoms with E-state index in [0.29, 0.717) is 23.4 Å². The van der Waals surface area contributed by atoms with Crippen LogP contribution in [0.3, 0.4) is 0 Å². The Kier molecular flexibility index (Phi) is 6.68. The van der Waals surface area contributed by atoms with Crippen LogP contribution in [-0.2, 0) is 4.74 Å². The maximum atomic E-state index is 12.4. The molecule has 1 atom stereocenters. The van der Waals surface area contributed by atoms with E-state index in [4.69, 9.17) is 9.47 Å². The number of nitrogens with one attached hydrogen (secondary N) is 2. The molecule has 2 aromatic rings. The van der Waals surface area contributed by atoms with Gasteiger partial charge in [0.05, 0.1) is 16.8 Å². The minimum absolute atomic E-state index is 0.111. The quantitative estimate of drug-likeness (QED) is 0.622. The zero-order valence-corrected chi connectivity index (χ0v) is 17.1. The molecule has 1 saturated heterocycles. The van der Waals surface area contributed by atoms with Gasteiger partial charge in [0.1, 0.15) is 5.75 Å². The average molecular weight is 480 g/mol. The number of hydrogen-bond acceptors (Lipinski definition) is 4. The first-order valence-corrected chi connectivity index (χ1v) is 9.79. The van der Waals surface area contributed by atoms with E-state index in [1.807, 2.05) is 0 Å². The van der Waals surface area contributed by atoms with Crippen LogP contribution in [0.15, 0.2) is 42.5 Å². The van der Waals surface area contributed by atoms with Crippen LogP contribution in [0.5, 0.6) is 5.75 Å². The van der Waals surface area contributed by atoms with Gasteiger partial charge in [0.25, 0.3) is 11.8 Å². The van der Waals surface area contributed by atoms with Crippen LogP contribution in [0.25, 0.3) is 0 Å². The van der Waals surface area contributed by atoms with Crippen LogP contribution < -0.4 is 15.4 Å². The number of rotatable bonds is 6. The third-order valence-corrected chi connectivity index (χ3v) is 5.18. The Morgan fingerprint density at radius 1 is 1.15 bits per heavy atom. The van der Waals surface area contributed by atoms with Gasteiger partial charge in [0.15, 0.2) is 0 Å². The third-order valence-electron chi connectivity index (χ3n) is 4.33. The van der Waals surface area contributed by atoms with Gasteiger partial charge in [-0.2, -0.15) is 0 Å². The van der Waals surface area contributed by atoms with E-state index >= 15 is 0 Å². The van der Waals surface area contributed by atoms with Crippen LogP contribution >= 0.6 is 22.6 Å². The minimum atomic E-state index is -0.217. The van der Waals surface area contributed by atoms with Crippen molar-refractivity contribution < 1.29 is 19.1 Å². The predicted molar refractivity (Wildman–Crippen MR) is 111 cm³/mol. The van der Waals surface area contributed by atoms with Gasteiger partial charge in [-0.1, -0.05) is 0 Å². The van der Waals surface area contributed by atoms with Gasteiger partial charge in [0, 0.05) is 30.0 Å². The highest BCUT2D eigenvalue weighted by atomic mass is 127. The first-order valence-electron chi connectivity index (χ1n) is 8.71. The molecule has 1 aliphatic rings. The Labute approximate surface area is 171 Å². The molecule has 2 amide bonds. The van der Waals surface area contributed by atoms with Gasteiger partial charge in [-0.3, -0.25) is 9.59 Å². The molecule has 6 nitrogen and oxygen atoms in total. The van der Waals surface area contributed by atoms with Crippen molar-refractivity contribution in [2.45, 2.75) is 18.9 Å². The zero-order chi connectivity index (χ0) is 19.2. The lowest BCUT2D eigenvalue weighted by Gasteiger charge is -2.11. The Hall–Kier alpha value is -2.13. The Balaban J connectivity index is 1.57. The van der Waals surface area contributed by atoms with E-state index in [9.17, 15) is 9.59 Å². The van der Waals surface area contributed by atoms with Gasteiger partial charge < -0.3 is 20.1 Å². The zero-order valence-electron chi connectivity index (χ0n) is 15.0. The lowest BCUT2D eigenvalue weighted by Crippen LogP contribution is -2.31. The van der Waals surface area contributed by atoms with Gasteiger partial charge in [-0.25, -0.2) is 0 Å². The number of anilines is 1. The van der Waals surface area contributed by atoms with Crippen LogP contribution in [0.1, 0.15) is 33.6 Å². The lowest BCUT2D eigenvalue weighted by molar-refractivity contribution is 0.0857. The highest BCUT2D eigenvalue weighted by Crippen LogP contribution is 2.22. The molecule has 0 saturated carbocycles. The van der Waals surface area contributed by atoms with Crippen LogP contribution in [-0.4, -0.2) is 38.2 Å². The minimum Gasteiger partial charge on any atom is -0.496 e. The molecule has 0 aromatic heterocycles. The SMILES string of the molecule is COc1ccc(C(=O)Nc2ccc(C(=O)NCC3CCCO3)cc2)cc1I. The molecule has 27 heavy (non-hydrogen) atoms. The summed E-state index contributed by atoms with van der Waals surface area (Å²) in [4.78, 5) is 24.6. The Morgan fingerprint density at radius 3 is 2.52 bits per heavy atom. The molecule has 0 radical (unpaired) electrons. The first kappa shape index (κ1) is 19.6. The number of benzene rings is 2. The molecule has 1 aliphatic heterocycles. The van der Waals surface area contributed by atoms with Crippen molar-refractivity contribution in [2.24, 2.45) is 0 Å². The molecule has 1 unspecified atom stereocenters. The van der Waals surface area contributed by atoms with Crippen molar-refractivity contribution in [3.63, 3.8) is 0 Å². The van der Waals surface area contributed by atoms with E-state index in [1.54, 1.807) is 49.6 Å². The molecule has 0 aliphatic carbocycles. The van der Waals surface area contributed by atoms with Crippen molar-refractivity contribution >= 4 is 40.1 Å². The second-order valence-corrected chi connectivity index (χ2v) is 7.39. The fourth-order valence-electron chi connectivity index (χ4n) is 2.83. The van der Waals surface area contributed by atoms with Crippen LogP contribution in [0.2, 0.25) is 0 Å². The van der Waals surface area contributed by atoms with Gasteiger partial charge >= 0.3 is 0 Å². The molecule has 2 aromatic carbocycles. The fourth-order valence-corrected chi connectivity index (χ4v) is 3.57.